The van der Waals surface area contributed by atoms with Crippen molar-refractivity contribution in [3.05, 3.63) is 53.4 Å². The summed E-state index contributed by atoms with van der Waals surface area (Å²) in [6.45, 7) is -1.08. The van der Waals surface area contributed by atoms with Gasteiger partial charge in [0.2, 0.25) is 0 Å². The van der Waals surface area contributed by atoms with E-state index in [1.807, 2.05) is 0 Å². The summed E-state index contributed by atoms with van der Waals surface area (Å²) >= 11 is 0. The lowest BCUT2D eigenvalue weighted by molar-refractivity contribution is -0.0498. The Labute approximate surface area is 120 Å². The number of carbonyl (C=O) groups is 1. The molecule has 0 aliphatic rings. The molecule has 0 N–H and O–H groups in total. The van der Waals surface area contributed by atoms with Gasteiger partial charge < -0.3 is 4.74 Å². The van der Waals surface area contributed by atoms with Gasteiger partial charge in [-0.25, -0.2) is 0 Å². The summed E-state index contributed by atoms with van der Waals surface area (Å²) < 4.78 is 29.9. The van der Waals surface area contributed by atoms with Crippen LogP contribution in [0.2, 0.25) is 0 Å². The van der Waals surface area contributed by atoms with E-state index in [0.29, 0.717) is 16.8 Å². The molecule has 1 aromatic heterocycles. The number of halogens is 2. The molecule has 1 aromatic carbocycles. The number of carbonyl (C=O) groups excluding carboxylic acids is 1. The highest BCUT2D eigenvalue weighted by Crippen LogP contribution is 2.16. The van der Waals surface area contributed by atoms with Crippen molar-refractivity contribution in [3.63, 3.8) is 0 Å². The average Bonchev–Trinajstić information content (AvgIpc) is 2.76. The Morgan fingerprint density at radius 2 is 2.00 bits per heavy atom. The first kappa shape index (κ1) is 14.9. The molecule has 0 fully saturated rings. The van der Waals surface area contributed by atoms with Gasteiger partial charge in [-0.2, -0.15) is 13.9 Å². The van der Waals surface area contributed by atoms with Crippen molar-refractivity contribution < 1.29 is 18.3 Å². The Morgan fingerprint density at radius 3 is 2.52 bits per heavy atom. The van der Waals surface area contributed by atoms with Gasteiger partial charge in [0, 0.05) is 13.2 Å². The van der Waals surface area contributed by atoms with E-state index in [2.05, 4.69) is 9.84 Å². The smallest absolute Gasteiger partial charge is 0.387 e. The van der Waals surface area contributed by atoms with Gasteiger partial charge in [-0.1, -0.05) is 18.2 Å². The van der Waals surface area contributed by atoms with Crippen LogP contribution in [0.5, 0.6) is 5.75 Å². The third kappa shape index (κ3) is 3.98. The maximum Gasteiger partial charge on any atom is 0.387 e. The molecule has 0 amide bonds. The molecule has 0 radical (unpaired) electrons. The van der Waals surface area contributed by atoms with Gasteiger partial charge in [-0.15, -0.1) is 0 Å². The summed E-state index contributed by atoms with van der Waals surface area (Å²) in [5, 5.41) is 4.10. The predicted molar refractivity (Wildman–Crippen MR) is 74.4 cm³/mol. The summed E-state index contributed by atoms with van der Waals surface area (Å²) in [7, 11) is 1.75. The van der Waals surface area contributed by atoms with Gasteiger partial charge in [0.25, 0.3) is 0 Å². The molecule has 4 nitrogen and oxygen atoms in total. The van der Waals surface area contributed by atoms with E-state index in [1.165, 1.54) is 18.2 Å². The largest absolute Gasteiger partial charge is 0.435 e. The summed E-state index contributed by atoms with van der Waals surface area (Å²) in [6.07, 6.45) is 4.69. The summed E-state index contributed by atoms with van der Waals surface area (Å²) in [6, 6.07) is 6.03. The van der Waals surface area contributed by atoms with Gasteiger partial charge in [0.15, 0.2) is 5.78 Å². The van der Waals surface area contributed by atoms with Crippen LogP contribution in [-0.4, -0.2) is 22.2 Å². The van der Waals surface area contributed by atoms with Gasteiger partial charge in [0.1, 0.15) is 5.75 Å². The highest BCUT2D eigenvalue weighted by molar-refractivity contribution is 6.07. The Bertz CT molecular complexity index is 661. The molecule has 0 aliphatic carbocycles. The van der Waals surface area contributed by atoms with Crippen molar-refractivity contribution >= 4 is 11.9 Å². The summed E-state index contributed by atoms with van der Waals surface area (Å²) in [4.78, 5) is 12.0. The molecule has 2 aromatic rings. The van der Waals surface area contributed by atoms with Crippen molar-refractivity contribution in [2.75, 3.05) is 0 Å². The number of ether oxygens (including phenoxy) is 1. The molecule has 1 heterocycles. The number of benzene rings is 1. The van der Waals surface area contributed by atoms with E-state index < -0.39 is 6.61 Å². The van der Waals surface area contributed by atoms with Crippen molar-refractivity contribution in [2.24, 2.45) is 7.05 Å². The van der Waals surface area contributed by atoms with E-state index >= 15 is 0 Å². The molecule has 0 saturated heterocycles. The maximum atomic E-state index is 12.0. The van der Waals surface area contributed by atoms with Crippen LogP contribution < -0.4 is 4.74 Å². The zero-order chi connectivity index (χ0) is 15.4. The molecule has 0 saturated carbocycles. The van der Waals surface area contributed by atoms with Crippen LogP contribution in [0.4, 0.5) is 8.78 Å². The van der Waals surface area contributed by atoms with E-state index in [1.54, 1.807) is 43.1 Å². The molecule has 21 heavy (non-hydrogen) atoms. The summed E-state index contributed by atoms with van der Waals surface area (Å²) in [5.41, 5.74) is 1.91. The molecule has 0 bridgehead atoms. The topological polar surface area (TPSA) is 44.1 Å². The molecule has 0 aliphatic heterocycles. The van der Waals surface area contributed by atoms with E-state index in [9.17, 15) is 13.6 Å². The molecule has 110 valence electrons. The van der Waals surface area contributed by atoms with Gasteiger partial charge >= 0.3 is 6.61 Å². The van der Waals surface area contributed by atoms with Crippen LogP contribution in [0.3, 0.4) is 0 Å². The number of rotatable bonds is 5. The number of ketones is 1. The number of allylic oxidation sites excluding steroid dienone is 1. The minimum atomic E-state index is -2.85. The predicted octanol–water partition coefficient (Wildman–Crippen LogP) is 3.23. The lowest BCUT2D eigenvalue weighted by Gasteiger charge is -2.03. The first-order valence-corrected chi connectivity index (χ1v) is 6.23. The normalized spacial score (nSPS) is 11.3. The Hall–Kier alpha value is -2.50. The Kier molecular flexibility index (Phi) is 4.47. The fourth-order valence-electron chi connectivity index (χ4n) is 1.86. The standard InChI is InChI=1S/C15H14F2N2O2/c1-10-13(9-19(2)18-10)14(20)8-5-11-3-6-12(7-4-11)21-15(16)17/h3-9,15H,1-2H3/b8-5+. The lowest BCUT2D eigenvalue weighted by Crippen LogP contribution is -2.01. The zero-order valence-corrected chi connectivity index (χ0v) is 11.6. The fourth-order valence-corrected chi connectivity index (χ4v) is 1.86. The number of aryl methyl sites for hydroxylation is 2. The lowest BCUT2D eigenvalue weighted by atomic mass is 10.1. The van der Waals surface area contributed by atoms with Crippen molar-refractivity contribution in [1.29, 1.82) is 0 Å². The average molecular weight is 292 g/mol. The molecule has 2 rings (SSSR count). The second-order valence-corrected chi connectivity index (χ2v) is 4.45. The number of alkyl halides is 2. The Morgan fingerprint density at radius 1 is 1.33 bits per heavy atom. The maximum absolute atomic E-state index is 12.0. The van der Waals surface area contributed by atoms with Crippen LogP contribution >= 0.6 is 0 Å². The van der Waals surface area contributed by atoms with Gasteiger partial charge in [-0.3, -0.25) is 9.48 Å². The van der Waals surface area contributed by atoms with E-state index in [4.69, 9.17) is 0 Å². The van der Waals surface area contributed by atoms with Crippen LogP contribution in [0.25, 0.3) is 6.08 Å². The second-order valence-electron chi connectivity index (χ2n) is 4.45. The highest BCUT2D eigenvalue weighted by atomic mass is 19.3. The number of nitrogens with zero attached hydrogens (tertiary/aromatic N) is 2. The van der Waals surface area contributed by atoms with Gasteiger partial charge in [-0.05, 0) is 30.7 Å². The van der Waals surface area contributed by atoms with Crippen molar-refractivity contribution in [2.45, 2.75) is 13.5 Å². The molecule has 6 heteroatoms. The molecule has 0 atom stereocenters. The van der Waals surface area contributed by atoms with Gasteiger partial charge in [0.05, 0.1) is 11.3 Å². The van der Waals surface area contributed by atoms with Crippen molar-refractivity contribution in [1.82, 2.24) is 9.78 Å². The zero-order valence-electron chi connectivity index (χ0n) is 11.6. The van der Waals surface area contributed by atoms with E-state index in [0.717, 1.165) is 0 Å². The van der Waals surface area contributed by atoms with E-state index in [-0.39, 0.29) is 11.5 Å². The van der Waals surface area contributed by atoms with Crippen LogP contribution in [0.1, 0.15) is 21.6 Å². The monoisotopic (exact) mass is 292 g/mol. The Balaban J connectivity index is 2.07. The van der Waals surface area contributed by atoms with Crippen LogP contribution in [0, 0.1) is 6.92 Å². The molecular formula is C15H14F2N2O2. The van der Waals surface area contributed by atoms with Crippen molar-refractivity contribution in [3.8, 4) is 5.75 Å². The first-order chi connectivity index (χ1) is 9.95. The summed E-state index contributed by atoms with van der Waals surface area (Å²) in [5.74, 6) is -0.0786. The number of aromatic nitrogens is 2. The highest BCUT2D eigenvalue weighted by Gasteiger charge is 2.09. The number of hydrogen-bond donors (Lipinski definition) is 0. The molecule has 0 unspecified atom stereocenters. The quantitative estimate of drug-likeness (QED) is 0.628. The second kappa shape index (κ2) is 6.30. The first-order valence-electron chi connectivity index (χ1n) is 6.23. The molecule has 0 spiro atoms. The van der Waals surface area contributed by atoms with Crippen LogP contribution in [-0.2, 0) is 7.05 Å². The molecular weight excluding hydrogens is 278 g/mol. The third-order valence-electron chi connectivity index (χ3n) is 2.81. The number of hydrogen-bond acceptors (Lipinski definition) is 3. The minimum absolute atomic E-state index is 0.0802. The fraction of sp³-hybridized carbons (Fsp3) is 0.200. The van der Waals surface area contributed by atoms with Crippen LogP contribution in [0.15, 0.2) is 36.5 Å². The SMILES string of the molecule is Cc1nn(C)cc1C(=O)/C=C/c1ccc(OC(F)F)cc1. The third-order valence-corrected chi connectivity index (χ3v) is 2.81. The minimum Gasteiger partial charge on any atom is -0.435 e.